The van der Waals surface area contributed by atoms with Gasteiger partial charge in [-0.1, -0.05) is 18.6 Å². The van der Waals surface area contributed by atoms with Crippen LogP contribution in [0, 0.1) is 6.92 Å². The minimum absolute atomic E-state index is 0. The van der Waals surface area contributed by atoms with Crippen LogP contribution in [0.4, 0.5) is 0 Å². The zero-order valence-electron chi connectivity index (χ0n) is 18.4. The summed E-state index contributed by atoms with van der Waals surface area (Å²) >= 11 is 0. The molecule has 1 aliphatic rings. The predicted octanol–water partition coefficient (Wildman–Crippen LogP) is 3.28. The van der Waals surface area contributed by atoms with E-state index in [-0.39, 0.29) is 24.0 Å². The van der Waals surface area contributed by atoms with Crippen molar-refractivity contribution in [2.24, 2.45) is 4.99 Å². The predicted molar refractivity (Wildman–Crippen MR) is 132 cm³/mol. The first-order valence-corrected chi connectivity index (χ1v) is 10.8. The van der Waals surface area contributed by atoms with Crippen LogP contribution in [0.25, 0.3) is 0 Å². The molecular weight excluding hydrogens is 491 g/mol. The zero-order valence-corrected chi connectivity index (χ0v) is 20.7. The number of halogens is 1. The van der Waals surface area contributed by atoms with Gasteiger partial charge < -0.3 is 19.9 Å². The molecule has 0 bridgehead atoms. The fourth-order valence-corrected chi connectivity index (χ4v) is 3.68. The Morgan fingerprint density at radius 2 is 2.03 bits per heavy atom. The number of nitrogens with one attached hydrogen (secondary N) is 2. The van der Waals surface area contributed by atoms with E-state index < -0.39 is 0 Å². The van der Waals surface area contributed by atoms with Gasteiger partial charge in [-0.25, -0.2) is 0 Å². The molecule has 30 heavy (non-hydrogen) atoms. The summed E-state index contributed by atoms with van der Waals surface area (Å²) in [5, 5.41) is 15.5. The maximum absolute atomic E-state index is 5.42. The monoisotopic (exact) mass is 526 g/mol. The van der Waals surface area contributed by atoms with Gasteiger partial charge >= 0.3 is 0 Å². The van der Waals surface area contributed by atoms with Crippen molar-refractivity contribution in [3.63, 3.8) is 0 Å². The molecule has 0 spiro atoms. The first-order valence-electron chi connectivity index (χ1n) is 10.8. The number of rotatable bonds is 8. The van der Waals surface area contributed by atoms with Gasteiger partial charge in [-0.05, 0) is 50.3 Å². The van der Waals surface area contributed by atoms with Crippen LogP contribution < -0.4 is 15.4 Å². The zero-order chi connectivity index (χ0) is 20.5. The van der Waals surface area contributed by atoms with E-state index in [1.165, 1.54) is 24.8 Å². The second-order valence-corrected chi connectivity index (χ2v) is 7.49. The molecule has 8 heteroatoms. The van der Waals surface area contributed by atoms with Crippen LogP contribution in [0.5, 0.6) is 5.75 Å². The lowest BCUT2D eigenvalue weighted by Crippen LogP contribution is -2.38. The number of benzene rings is 1. The minimum atomic E-state index is 0. The van der Waals surface area contributed by atoms with Gasteiger partial charge in [0.15, 0.2) is 5.96 Å². The number of aliphatic imine (C=N–C) groups is 1. The summed E-state index contributed by atoms with van der Waals surface area (Å²) < 4.78 is 7.72. The minimum Gasteiger partial charge on any atom is -0.496 e. The van der Waals surface area contributed by atoms with Crippen molar-refractivity contribution in [3.05, 3.63) is 41.0 Å². The van der Waals surface area contributed by atoms with Crippen LogP contribution in [0.2, 0.25) is 0 Å². The third-order valence-electron chi connectivity index (χ3n) is 5.31. The van der Waals surface area contributed by atoms with E-state index in [4.69, 9.17) is 9.73 Å². The van der Waals surface area contributed by atoms with Gasteiger partial charge in [0, 0.05) is 39.0 Å². The molecule has 0 saturated carbocycles. The summed E-state index contributed by atoms with van der Waals surface area (Å²) in [7, 11) is 1.72. The molecule has 2 heterocycles. The van der Waals surface area contributed by atoms with E-state index in [9.17, 15) is 0 Å². The van der Waals surface area contributed by atoms with Crippen LogP contribution in [0.1, 0.15) is 49.0 Å². The second kappa shape index (κ2) is 12.8. The summed E-state index contributed by atoms with van der Waals surface area (Å²) in [6, 6.07) is 6.37. The van der Waals surface area contributed by atoms with Gasteiger partial charge in [0.25, 0.3) is 0 Å². The number of hydrogen-bond acceptors (Lipinski definition) is 4. The van der Waals surface area contributed by atoms with Crippen LogP contribution in [0.15, 0.2) is 23.2 Å². The van der Waals surface area contributed by atoms with E-state index in [2.05, 4.69) is 57.4 Å². The van der Waals surface area contributed by atoms with Crippen molar-refractivity contribution < 1.29 is 4.74 Å². The topological polar surface area (TPSA) is 76.4 Å². The van der Waals surface area contributed by atoms with E-state index in [1.807, 2.05) is 0 Å². The molecule has 0 radical (unpaired) electrons. The SMILES string of the molecule is CCNC(=NCCc1nnc2n1CCCCC2)NCCc1ccc(C)c(OC)c1.I. The van der Waals surface area contributed by atoms with Crippen molar-refractivity contribution in [2.75, 3.05) is 26.7 Å². The Bertz CT molecular complexity index is 820. The highest BCUT2D eigenvalue weighted by Gasteiger charge is 2.14. The molecule has 1 aliphatic heterocycles. The molecule has 166 valence electrons. The van der Waals surface area contributed by atoms with Crippen molar-refractivity contribution >= 4 is 29.9 Å². The van der Waals surface area contributed by atoms with Crippen molar-refractivity contribution in [1.29, 1.82) is 0 Å². The summed E-state index contributed by atoms with van der Waals surface area (Å²) in [6.07, 6.45) is 6.50. The molecule has 0 unspecified atom stereocenters. The molecule has 2 N–H and O–H groups in total. The van der Waals surface area contributed by atoms with E-state index in [0.29, 0.717) is 6.54 Å². The number of guanidine groups is 1. The van der Waals surface area contributed by atoms with Gasteiger partial charge in [-0.2, -0.15) is 0 Å². The van der Waals surface area contributed by atoms with Crippen LogP contribution in [-0.4, -0.2) is 47.5 Å². The first kappa shape index (κ1) is 24.4. The Kier molecular flexibility index (Phi) is 10.4. The quantitative estimate of drug-likeness (QED) is 0.314. The average Bonchev–Trinajstić information content (AvgIpc) is 2.95. The van der Waals surface area contributed by atoms with Gasteiger partial charge in [0.05, 0.1) is 7.11 Å². The number of ether oxygens (including phenoxy) is 1. The lowest BCUT2D eigenvalue weighted by atomic mass is 10.1. The Labute approximate surface area is 197 Å². The van der Waals surface area contributed by atoms with Crippen LogP contribution >= 0.6 is 24.0 Å². The highest BCUT2D eigenvalue weighted by atomic mass is 127. The molecule has 0 saturated heterocycles. The molecule has 1 aromatic heterocycles. The smallest absolute Gasteiger partial charge is 0.191 e. The standard InChI is InChI=1S/C22H34N6O.HI/c1-4-23-22(24-13-11-18-10-9-17(2)19(16-18)29-3)25-14-12-21-27-26-20-8-6-5-7-15-28(20)21;/h9-10,16H,4-8,11-15H2,1-3H3,(H2,23,24,25);1H. The first-order chi connectivity index (χ1) is 14.2. The molecule has 3 rings (SSSR count). The van der Waals surface area contributed by atoms with Gasteiger partial charge in [0.1, 0.15) is 17.4 Å². The molecule has 0 fully saturated rings. The van der Waals surface area contributed by atoms with Crippen LogP contribution in [0.3, 0.4) is 0 Å². The highest BCUT2D eigenvalue weighted by molar-refractivity contribution is 14.0. The summed E-state index contributed by atoms with van der Waals surface area (Å²) in [5.74, 6) is 3.99. The number of methoxy groups -OCH3 is 1. The summed E-state index contributed by atoms with van der Waals surface area (Å²) in [5.41, 5.74) is 2.41. The Morgan fingerprint density at radius 3 is 2.83 bits per heavy atom. The molecule has 0 atom stereocenters. The summed E-state index contributed by atoms with van der Waals surface area (Å²) in [4.78, 5) is 4.73. The Morgan fingerprint density at radius 1 is 1.17 bits per heavy atom. The van der Waals surface area contributed by atoms with Gasteiger partial charge in [0.2, 0.25) is 0 Å². The Balaban J connectivity index is 0.00000320. The Hall–Kier alpha value is -1.84. The number of fused-ring (bicyclic) bond motifs is 1. The second-order valence-electron chi connectivity index (χ2n) is 7.49. The van der Waals surface area contributed by atoms with Gasteiger partial charge in [-0.15, -0.1) is 34.2 Å². The molecular formula is C22H35IN6O. The van der Waals surface area contributed by atoms with Crippen molar-refractivity contribution in [2.45, 2.75) is 58.9 Å². The van der Waals surface area contributed by atoms with Crippen molar-refractivity contribution in [1.82, 2.24) is 25.4 Å². The molecule has 0 amide bonds. The van der Waals surface area contributed by atoms with E-state index in [1.54, 1.807) is 7.11 Å². The normalized spacial score (nSPS) is 13.8. The van der Waals surface area contributed by atoms with E-state index in [0.717, 1.165) is 67.8 Å². The fourth-order valence-electron chi connectivity index (χ4n) is 3.68. The molecule has 0 aliphatic carbocycles. The molecule has 7 nitrogen and oxygen atoms in total. The van der Waals surface area contributed by atoms with Crippen molar-refractivity contribution in [3.8, 4) is 5.75 Å². The number of aromatic nitrogens is 3. The largest absolute Gasteiger partial charge is 0.496 e. The third-order valence-corrected chi connectivity index (χ3v) is 5.31. The molecule has 1 aromatic carbocycles. The fraction of sp³-hybridized carbons (Fsp3) is 0.591. The van der Waals surface area contributed by atoms with Crippen LogP contribution in [-0.2, 0) is 25.8 Å². The number of nitrogens with zero attached hydrogens (tertiary/aromatic N) is 4. The number of hydrogen-bond donors (Lipinski definition) is 2. The third kappa shape index (κ3) is 6.85. The molecule has 2 aromatic rings. The lowest BCUT2D eigenvalue weighted by Gasteiger charge is -2.12. The maximum atomic E-state index is 5.42. The summed E-state index contributed by atoms with van der Waals surface area (Å²) in [6.45, 7) is 7.54. The van der Waals surface area contributed by atoms with E-state index >= 15 is 0 Å². The van der Waals surface area contributed by atoms with Gasteiger partial charge in [-0.3, -0.25) is 4.99 Å². The lowest BCUT2D eigenvalue weighted by molar-refractivity contribution is 0.411. The average molecular weight is 526 g/mol. The highest BCUT2D eigenvalue weighted by Crippen LogP contribution is 2.19. The maximum Gasteiger partial charge on any atom is 0.191 e. The number of aryl methyl sites for hydroxylation is 2.